The van der Waals surface area contributed by atoms with Gasteiger partial charge in [-0.15, -0.1) is 0 Å². The van der Waals surface area contributed by atoms with Crippen molar-refractivity contribution in [2.75, 3.05) is 0 Å². The third-order valence-electron chi connectivity index (χ3n) is 7.33. The van der Waals surface area contributed by atoms with E-state index in [1.54, 1.807) is 0 Å². The Morgan fingerprint density at radius 1 is 0.958 bits per heavy atom. The lowest BCUT2D eigenvalue weighted by atomic mass is 9.49. The maximum Gasteiger partial charge on any atom is 0.287 e. The van der Waals surface area contributed by atoms with Gasteiger partial charge in [0, 0.05) is 11.5 Å². The Bertz CT molecular complexity index is 590. The number of carbonyl (C=O) groups excluding carboxylic acids is 1. The first kappa shape index (κ1) is 15.0. The van der Waals surface area contributed by atoms with Gasteiger partial charge >= 0.3 is 0 Å². The van der Waals surface area contributed by atoms with E-state index in [1.165, 1.54) is 57.8 Å². The van der Waals surface area contributed by atoms with Crippen LogP contribution in [0, 0.1) is 17.8 Å². The molecule has 0 aliphatic heterocycles. The van der Waals surface area contributed by atoms with E-state index in [4.69, 9.17) is 4.42 Å². The Hall–Kier alpha value is -1.25. The van der Waals surface area contributed by atoms with E-state index in [9.17, 15) is 4.79 Å². The molecule has 5 fully saturated rings. The molecule has 1 N–H and O–H groups in total. The number of rotatable bonds is 3. The van der Waals surface area contributed by atoms with Gasteiger partial charge in [0.25, 0.3) is 5.91 Å². The second-order valence-corrected chi connectivity index (χ2v) is 9.17. The van der Waals surface area contributed by atoms with Gasteiger partial charge in [-0.05, 0) is 81.3 Å². The molecule has 4 bridgehead atoms. The number of hydrogen-bond acceptors (Lipinski definition) is 2. The van der Waals surface area contributed by atoms with Crippen LogP contribution in [0.2, 0.25) is 0 Å². The van der Waals surface area contributed by atoms with Crippen molar-refractivity contribution >= 4 is 5.91 Å². The third-order valence-corrected chi connectivity index (χ3v) is 7.33. The topological polar surface area (TPSA) is 42.2 Å². The van der Waals surface area contributed by atoms with Crippen LogP contribution in [0.15, 0.2) is 16.5 Å². The van der Waals surface area contributed by atoms with Crippen LogP contribution in [0.5, 0.6) is 0 Å². The van der Waals surface area contributed by atoms with Crippen molar-refractivity contribution in [1.82, 2.24) is 5.32 Å². The van der Waals surface area contributed by atoms with Gasteiger partial charge in [0.05, 0.1) is 0 Å². The molecule has 5 aliphatic carbocycles. The number of furan rings is 1. The Labute approximate surface area is 144 Å². The maximum atomic E-state index is 12.5. The summed E-state index contributed by atoms with van der Waals surface area (Å²) in [7, 11) is 0. The normalized spacial score (nSPS) is 38.4. The minimum atomic E-state index is -0.00196. The van der Waals surface area contributed by atoms with Crippen molar-refractivity contribution in [3.05, 3.63) is 23.7 Å². The minimum absolute atomic E-state index is 0.00196. The lowest BCUT2D eigenvalue weighted by Gasteiger charge is -2.55. The highest BCUT2D eigenvalue weighted by Crippen LogP contribution is 2.60. The summed E-state index contributed by atoms with van der Waals surface area (Å²) in [6.07, 6.45) is 14.2. The van der Waals surface area contributed by atoms with Crippen molar-refractivity contribution in [3.8, 4) is 0 Å². The zero-order valence-electron chi connectivity index (χ0n) is 14.6. The monoisotopic (exact) mass is 327 g/mol. The van der Waals surface area contributed by atoms with E-state index < -0.39 is 0 Å². The molecule has 0 unspecified atom stereocenters. The molecule has 1 heterocycles. The third kappa shape index (κ3) is 2.51. The van der Waals surface area contributed by atoms with Crippen LogP contribution in [0.4, 0.5) is 0 Å². The summed E-state index contributed by atoms with van der Waals surface area (Å²) in [5, 5.41) is 3.19. The molecule has 0 atom stereocenters. The maximum absolute atomic E-state index is 12.5. The Morgan fingerprint density at radius 2 is 1.58 bits per heavy atom. The molecule has 6 rings (SSSR count). The van der Waals surface area contributed by atoms with Crippen LogP contribution in [0.25, 0.3) is 0 Å². The SMILES string of the molecule is O=C(NC1CCCCC1)c1ccc(C23CC4CC(CC(C4)C2)C3)o1. The van der Waals surface area contributed by atoms with E-state index in [2.05, 4.69) is 11.4 Å². The van der Waals surface area contributed by atoms with Gasteiger partial charge in [0.2, 0.25) is 0 Å². The predicted molar refractivity (Wildman–Crippen MR) is 92.9 cm³/mol. The molecule has 3 heteroatoms. The van der Waals surface area contributed by atoms with E-state index in [0.717, 1.165) is 36.4 Å². The summed E-state index contributed by atoms with van der Waals surface area (Å²) in [6.45, 7) is 0. The lowest BCUT2D eigenvalue weighted by molar-refractivity contribution is -0.0154. The number of hydrogen-bond donors (Lipinski definition) is 1. The average molecular weight is 327 g/mol. The van der Waals surface area contributed by atoms with Crippen LogP contribution >= 0.6 is 0 Å². The molecule has 130 valence electrons. The zero-order chi connectivity index (χ0) is 16.1. The van der Waals surface area contributed by atoms with Gasteiger partial charge in [-0.3, -0.25) is 4.79 Å². The van der Waals surface area contributed by atoms with Gasteiger partial charge in [0.15, 0.2) is 5.76 Å². The molecule has 0 saturated heterocycles. The molecular formula is C21H29NO2. The highest BCUT2D eigenvalue weighted by atomic mass is 16.4. The van der Waals surface area contributed by atoms with Crippen LogP contribution < -0.4 is 5.32 Å². The van der Waals surface area contributed by atoms with Gasteiger partial charge in [-0.1, -0.05) is 19.3 Å². The molecule has 0 radical (unpaired) electrons. The zero-order valence-corrected chi connectivity index (χ0v) is 14.6. The first-order valence-corrected chi connectivity index (χ1v) is 10.1. The summed E-state index contributed by atoms with van der Waals surface area (Å²) in [6, 6.07) is 4.38. The van der Waals surface area contributed by atoms with Gasteiger partial charge in [-0.2, -0.15) is 0 Å². The van der Waals surface area contributed by atoms with Crippen molar-refractivity contribution in [1.29, 1.82) is 0 Å². The van der Waals surface area contributed by atoms with Crippen molar-refractivity contribution in [2.45, 2.75) is 82.1 Å². The first-order valence-electron chi connectivity index (χ1n) is 10.1. The molecule has 0 spiro atoms. The van der Waals surface area contributed by atoms with Crippen molar-refractivity contribution in [2.24, 2.45) is 17.8 Å². The molecule has 0 aromatic carbocycles. The van der Waals surface area contributed by atoms with Crippen LogP contribution in [-0.2, 0) is 5.41 Å². The van der Waals surface area contributed by atoms with E-state index in [0.29, 0.717) is 11.8 Å². The summed E-state index contributed by atoms with van der Waals surface area (Å²) >= 11 is 0. The second-order valence-electron chi connectivity index (χ2n) is 9.17. The summed E-state index contributed by atoms with van der Waals surface area (Å²) in [5.74, 6) is 4.35. The van der Waals surface area contributed by atoms with Crippen molar-refractivity contribution < 1.29 is 9.21 Å². The molecule has 1 aromatic rings. The Morgan fingerprint density at radius 3 is 2.21 bits per heavy atom. The first-order chi connectivity index (χ1) is 11.7. The van der Waals surface area contributed by atoms with Crippen molar-refractivity contribution in [3.63, 3.8) is 0 Å². The number of amides is 1. The number of carbonyl (C=O) groups is 1. The van der Waals surface area contributed by atoms with E-state index in [1.807, 2.05) is 6.07 Å². The van der Waals surface area contributed by atoms with E-state index >= 15 is 0 Å². The second kappa shape index (κ2) is 5.64. The smallest absolute Gasteiger partial charge is 0.287 e. The minimum Gasteiger partial charge on any atom is -0.455 e. The standard InChI is InChI=1S/C21H29NO2/c23-20(22-17-4-2-1-3-5-17)18-6-7-19(24-18)21-11-14-8-15(12-21)10-16(9-14)13-21/h6-7,14-17H,1-5,8-13H2,(H,22,23). The van der Waals surface area contributed by atoms with Crippen LogP contribution in [0.3, 0.4) is 0 Å². The molecule has 1 amide bonds. The van der Waals surface area contributed by atoms with Gasteiger partial charge < -0.3 is 9.73 Å². The fourth-order valence-electron chi connectivity index (χ4n) is 6.66. The lowest BCUT2D eigenvalue weighted by Crippen LogP contribution is -2.48. The van der Waals surface area contributed by atoms with Crippen LogP contribution in [-0.4, -0.2) is 11.9 Å². The fourth-order valence-corrected chi connectivity index (χ4v) is 6.66. The average Bonchev–Trinajstić information content (AvgIpc) is 3.05. The van der Waals surface area contributed by atoms with Gasteiger partial charge in [-0.25, -0.2) is 0 Å². The molecule has 3 nitrogen and oxygen atoms in total. The molecule has 1 aromatic heterocycles. The molecule has 5 saturated carbocycles. The molecule has 5 aliphatic rings. The van der Waals surface area contributed by atoms with Gasteiger partial charge in [0.1, 0.15) is 5.76 Å². The predicted octanol–water partition coefficient (Wildman–Crippen LogP) is 4.81. The summed E-state index contributed by atoms with van der Waals surface area (Å²) < 4.78 is 6.16. The quantitative estimate of drug-likeness (QED) is 0.865. The fraction of sp³-hybridized carbons (Fsp3) is 0.762. The highest BCUT2D eigenvalue weighted by Gasteiger charge is 2.53. The summed E-state index contributed by atoms with van der Waals surface area (Å²) in [4.78, 5) is 12.5. The number of nitrogens with one attached hydrogen (secondary N) is 1. The van der Waals surface area contributed by atoms with Crippen LogP contribution in [0.1, 0.15) is 86.9 Å². The highest BCUT2D eigenvalue weighted by molar-refractivity contribution is 5.91. The largest absolute Gasteiger partial charge is 0.455 e. The Kier molecular flexibility index (Phi) is 3.53. The molecule has 24 heavy (non-hydrogen) atoms. The van der Waals surface area contributed by atoms with E-state index in [-0.39, 0.29) is 11.3 Å². The summed E-state index contributed by atoms with van der Waals surface area (Å²) in [5.41, 5.74) is 0.248. The molecular weight excluding hydrogens is 298 g/mol. The Balaban J connectivity index is 1.33.